The molecule has 0 aliphatic carbocycles. The van der Waals surface area contributed by atoms with E-state index in [2.05, 4.69) is 18.7 Å². The fourth-order valence-corrected chi connectivity index (χ4v) is 6.29. The van der Waals surface area contributed by atoms with Gasteiger partial charge in [0.25, 0.3) is 0 Å². The third kappa shape index (κ3) is 7.36. The number of aromatic nitrogens is 1. The summed E-state index contributed by atoms with van der Waals surface area (Å²) in [4.78, 5) is 21.9. The van der Waals surface area contributed by atoms with Crippen molar-refractivity contribution < 1.29 is 17.6 Å². The number of halogens is 3. The lowest BCUT2D eigenvalue weighted by Gasteiger charge is -2.24. The maximum absolute atomic E-state index is 13.2. The van der Waals surface area contributed by atoms with Crippen molar-refractivity contribution >= 4 is 66.4 Å². The Balaban J connectivity index is 0.00000432. The largest absolute Gasteiger partial charge is 0.302 e. The highest BCUT2D eigenvalue weighted by molar-refractivity contribution is 7.91. The maximum Gasteiger partial charge on any atom is 0.228 e. The SMILES string of the molecule is CCN(CC)CCN(C(=O)CCCS(=O)(=O)c1ccc(F)cc1)c1nc2c(C)ccc(Cl)c2s1.Cl. The van der Waals surface area contributed by atoms with Gasteiger partial charge in [-0.3, -0.25) is 9.69 Å². The molecule has 11 heteroatoms. The molecule has 0 saturated carbocycles. The van der Waals surface area contributed by atoms with Gasteiger partial charge in [0.15, 0.2) is 15.0 Å². The van der Waals surface area contributed by atoms with E-state index in [9.17, 15) is 17.6 Å². The van der Waals surface area contributed by atoms with E-state index in [1.807, 2.05) is 19.1 Å². The van der Waals surface area contributed by atoms with Gasteiger partial charge in [0.2, 0.25) is 5.91 Å². The zero-order valence-corrected chi connectivity index (χ0v) is 23.2. The molecule has 1 heterocycles. The van der Waals surface area contributed by atoms with Gasteiger partial charge in [0, 0.05) is 19.5 Å². The van der Waals surface area contributed by atoms with Gasteiger partial charge in [-0.15, -0.1) is 12.4 Å². The van der Waals surface area contributed by atoms with Crippen molar-refractivity contribution in [3.63, 3.8) is 0 Å². The number of sulfone groups is 1. The van der Waals surface area contributed by atoms with Crippen molar-refractivity contribution in [2.75, 3.05) is 36.8 Å². The maximum atomic E-state index is 13.2. The van der Waals surface area contributed by atoms with Gasteiger partial charge in [-0.05, 0) is 62.3 Å². The van der Waals surface area contributed by atoms with Crippen LogP contribution in [0.15, 0.2) is 41.3 Å². The van der Waals surface area contributed by atoms with E-state index in [0.29, 0.717) is 23.2 Å². The molecule has 35 heavy (non-hydrogen) atoms. The summed E-state index contributed by atoms with van der Waals surface area (Å²) in [5, 5.41) is 1.15. The molecule has 0 N–H and O–H groups in total. The minimum absolute atomic E-state index is 0. The van der Waals surface area contributed by atoms with Crippen LogP contribution >= 0.6 is 35.3 Å². The average molecular weight is 563 g/mol. The van der Waals surface area contributed by atoms with Crippen molar-refractivity contribution in [3.8, 4) is 0 Å². The van der Waals surface area contributed by atoms with E-state index in [4.69, 9.17) is 16.6 Å². The molecule has 2 aromatic carbocycles. The highest BCUT2D eigenvalue weighted by atomic mass is 35.5. The third-order valence-corrected chi connectivity index (χ3v) is 9.08. The molecule has 0 radical (unpaired) electrons. The molecule has 1 amide bonds. The Labute approximate surface area is 221 Å². The van der Waals surface area contributed by atoms with Crippen LogP contribution in [0.2, 0.25) is 5.02 Å². The number of fused-ring (bicyclic) bond motifs is 1. The van der Waals surface area contributed by atoms with E-state index in [1.54, 1.807) is 4.90 Å². The fourth-order valence-electron chi connectivity index (χ4n) is 3.62. The Morgan fingerprint density at radius 2 is 1.74 bits per heavy atom. The van der Waals surface area contributed by atoms with Gasteiger partial charge < -0.3 is 4.90 Å². The summed E-state index contributed by atoms with van der Waals surface area (Å²) >= 11 is 7.74. The van der Waals surface area contributed by atoms with Crippen LogP contribution in [0.1, 0.15) is 32.3 Å². The topological polar surface area (TPSA) is 70.6 Å². The first kappa shape index (κ1) is 29.5. The number of hydrogen-bond acceptors (Lipinski definition) is 6. The Kier molecular flexibility index (Phi) is 10.9. The van der Waals surface area contributed by atoms with E-state index < -0.39 is 15.7 Å². The Hall–Kier alpha value is -1.78. The third-order valence-electron chi connectivity index (χ3n) is 5.73. The number of carbonyl (C=O) groups is 1. The van der Waals surface area contributed by atoms with Crippen molar-refractivity contribution in [2.45, 2.75) is 38.5 Å². The number of rotatable bonds is 11. The van der Waals surface area contributed by atoms with Crippen LogP contribution in [0.3, 0.4) is 0 Å². The van der Waals surface area contributed by atoms with Crippen molar-refractivity contribution in [1.82, 2.24) is 9.88 Å². The molecular weight excluding hydrogens is 532 g/mol. The highest BCUT2D eigenvalue weighted by Crippen LogP contribution is 2.36. The predicted molar refractivity (Wildman–Crippen MR) is 144 cm³/mol. The lowest BCUT2D eigenvalue weighted by atomic mass is 10.2. The summed E-state index contributed by atoms with van der Waals surface area (Å²) in [6, 6.07) is 8.45. The molecule has 0 spiro atoms. The number of anilines is 1. The van der Waals surface area contributed by atoms with Gasteiger partial charge >= 0.3 is 0 Å². The summed E-state index contributed by atoms with van der Waals surface area (Å²) in [5.74, 6) is -0.877. The van der Waals surface area contributed by atoms with Gasteiger partial charge in [0.1, 0.15) is 5.82 Å². The molecule has 0 fully saturated rings. The van der Waals surface area contributed by atoms with Crippen LogP contribution in [0.4, 0.5) is 9.52 Å². The molecule has 0 atom stereocenters. The van der Waals surface area contributed by atoms with E-state index in [1.165, 1.54) is 23.5 Å². The molecule has 192 valence electrons. The average Bonchev–Trinajstić information content (AvgIpc) is 3.26. The summed E-state index contributed by atoms with van der Waals surface area (Å²) in [6.07, 6.45) is 0.215. The number of carbonyl (C=O) groups excluding carboxylic acids is 1. The number of aryl methyl sites for hydroxylation is 1. The Morgan fingerprint density at radius 3 is 2.34 bits per heavy atom. The molecule has 3 aromatic rings. The smallest absolute Gasteiger partial charge is 0.228 e. The van der Waals surface area contributed by atoms with Gasteiger partial charge in [0.05, 0.1) is 25.9 Å². The summed E-state index contributed by atoms with van der Waals surface area (Å²) in [6.45, 7) is 8.92. The monoisotopic (exact) mass is 561 g/mol. The quantitative estimate of drug-likeness (QED) is 0.279. The van der Waals surface area contributed by atoms with Gasteiger partial charge in [-0.1, -0.05) is 42.9 Å². The van der Waals surface area contributed by atoms with Gasteiger partial charge in [-0.2, -0.15) is 0 Å². The van der Waals surface area contributed by atoms with Crippen molar-refractivity contribution in [2.24, 2.45) is 0 Å². The van der Waals surface area contributed by atoms with Crippen LogP contribution in [-0.2, 0) is 14.6 Å². The summed E-state index contributed by atoms with van der Waals surface area (Å²) in [7, 11) is -3.60. The first-order chi connectivity index (χ1) is 16.2. The van der Waals surface area contributed by atoms with Gasteiger partial charge in [-0.25, -0.2) is 17.8 Å². The highest BCUT2D eigenvalue weighted by Gasteiger charge is 2.23. The van der Waals surface area contributed by atoms with E-state index in [-0.39, 0.29) is 41.8 Å². The number of likely N-dealkylation sites (N-methyl/N-ethyl adjacent to an activating group) is 1. The lowest BCUT2D eigenvalue weighted by Crippen LogP contribution is -2.38. The zero-order chi connectivity index (χ0) is 24.9. The van der Waals surface area contributed by atoms with Crippen molar-refractivity contribution in [3.05, 3.63) is 52.8 Å². The number of nitrogens with zero attached hydrogens (tertiary/aromatic N) is 3. The molecule has 0 saturated heterocycles. The molecule has 0 unspecified atom stereocenters. The second-order valence-corrected chi connectivity index (χ2v) is 11.5. The van der Waals surface area contributed by atoms with Crippen LogP contribution in [0, 0.1) is 12.7 Å². The zero-order valence-electron chi connectivity index (χ0n) is 20.0. The van der Waals surface area contributed by atoms with Crippen LogP contribution in [0.5, 0.6) is 0 Å². The van der Waals surface area contributed by atoms with Crippen LogP contribution in [-0.4, -0.2) is 56.1 Å². The predicted octanol–water partition coefficient (Wildman–Crippen LogP) is 5.75. The molecule has 6 nitrogen and oxygen atoms in total. The normalized spacial score (nSPS) is 11.6. The first-order valence-electron chi connectivity index (χ1n) is 11.2. The second kappa shape index (κ2) is 13.0. The van der Waals surface area contributed by atoms with Crippen LogP contribution < -0.4 is 4.90 Å². The summed E-state index contributed by atoms with van der Waals surface area (Å²) < 4.78 is 39.1. The second-order valence-electron chi connectivity index (χ2n) is 7.99. The number of benzene rings is 2. The van der Waals surface area contributed by atoms with Crippen molar-refractivity contribution in [1.29, 1.82) is 0 Å². The molecular formula is C24H30Cl2FN3O3S2. The first-order valence-corrected chi connectivity index (χ1v) is 14.1. The standard InChI is InChI=1S/C24H29ClFN3O3S2.ClH/c1-4-28(5-2)14-15-29(24-27-22-17(3)8-13-20(25)23(22)33-24)21(30)7-6-16-34(31,32)19-11-9-18(26)10-12-19;/h8-13H,4-7,14-16H2,1-3H3;1H. The van der Waals surface area contributed by atoms with E-state index >= 15 is 0 Å². The number of hydrogen-bond donors (Lipinski definition) is 0. The lowest BCUT2D eigenvalue weighted by molar-refractivity contribution is -0.118. The minimum atomic E-state index is -3.60. The molecule has 0 aliphatic rings. The molecule has 3 rings (SSSR count). The number of amides is 1. The fraction of sp³-hybridized carbons (Fsp3) is 0.417. The summed E-state index contributed by atoms with van der Waals surface area (Å²) in [5.41, 5.74) is 1.75. The Bertz CT molecular complexity index is 1210. The molecule has 1 aromatic heterocycles. The molecule has 0 bridgehead atoms. The Morgan fingerprint density at radius 1 is 1.09 bits per heavy atom. The van der Waals surface area contributed by atoms with E-state index in [0.717, 1.165) is 41.0 Å². The minimum Gasteiger partial charge on any atom is -0.302 e. The number of thiazole rings is 1. The van der Waals surface area contributed by atoms with Crippen LogP contribution in [0.25, 0.3) is 10.2 Å². The molecule has 0 aliphatic heterocycles.